The number of aryl methyl sites for hydroxylation is 1. The van der Waals surface area contributed by atoms with E-state index in [0.717, 1.165) is 17.5 Å². The van der Waals surface area contributed by atoms with E-state index in [1.807, 2.05) is 25.1 Å². The van der Waals surface area contributed by atoms with Gasteiger partial charge >= 0.3 is 0 Å². The maximum absolute atomic E-state index is 9.65. The smallest absolute Gasteiger partial charge is 0.119 e. The van der Waals surface area contributed by atoms with Crippen LogP contribution in [0.15, 0.2) is 30.9 Å². The van der Waals surface area contributed by atoms with E-state index in [2.05, 4.69) is 13.5 Å². The summed E-state index contributed by atoms with van der Waals surface area (Å²) in [6, 6.07) is 5.81. The van der Waals surface area contributed by atoms with Gasteiger partial charge in [0.15, 0.2) is 0 Å². The predicted molar refractivity (Wildman–Crippen MR) is 56.1 cm³/mol. The first-order chi connectivity index (χ1) is 6.15. The number of aromatic hydroxyl groups is 1. The predicted octanol–water partition coefficient (Wildman–Crippen LogP) is 3.38. The van der Waals surface area contributed by atoms with Gasteiger partial charge in [-0.1, -0.05) is 25.1 Å². The molecule has 1 nitrogen and oxygen atoms in total. The molecule has 1 rings (SSSR count). The van der Waals surface area contributed by atoms with Gasteiger partial charge in [0.2, 0.25) is 0 Å². The molecule has 0 aliphatic rings. The number of benzene rings is 1. The molecule has 0 aromatic heterocycles. The van der Waals surface area contributed by atoms with Gasteiger partial charge in [0.25, 0.3) is 0 Å². The fourth-order valence-corrected chi connectivity index (χ4v) is 1.45. The summed E-state index contributed by atoms with van der Waals surface area (Å²) in [5.74, 6) is 0.743. The van der Waals surface area contributed by atoms with Crippen LogP contribution in [0, 0.1) is 6.92 Å². The van der Waals surface area contributed by atoms with Crippen molar-refractivity contribution in [2.24, 2.45) is 0 Å². The highest BCUT2D eigenvalue weighted by Crippen LogP contribution is 2.28. The molecule has 70 valence electrons. The van der Waals surface area contributed by atoms with Crippen molar-refractivity contribution in [3.8, 4) is 5.75 Å². The summed E-state index contributed by atoms with van der Waals surface area (Å²) < 4.78 is 0. The maximum atomic E-state index is 9.65. The van der Waals surface area contributed by atoms with Crippen LogP contribution in [-0.2, 0) is 0 Å². The first-order valence-electron chi connectivity index (χ1n) is 4.55. The lowest BCUT2D eigenvalue weighted by atomic mass is 9.96. The Morgan fingerprint density at radius 1 is 1.54 bits per heavy atom. The summed E-state index contributed by atoms with van der Waals surface area (Å²) in [5.41, 5.74) is 2.09. The van der Waals surface area contributed by atoms with Crippen LogP contribution < -0.4 is 0 Å². The van der Waals surface area contributed by atoms with Crippen LogP contribution in [0.25, 0.3) is 0 Å². The summed E-state index contributed by atoms with van der Waals surface area (Å²) in [4.78, 5) is 0. The van der Waals surface area contributed by atoms with Crippen molar-refractivity contribution in [3.63, 3.8) is 0 Å². The molecule has 0 saturated carbocycles. The van der Waals surface area contributed by atoms with E-state index in [0.29, 0.717) is 11.7 Å². The summed E-state index contributed by atoms with van der Waals surface area (Å²) >= 11 is 0. The van der Waals surface area contributed by atoms with Gasteiger partial charge in [0.05, 0.1) is 0 Å². The second kappa shape index (κ2) is 4.13. The van der Waals surface area contributed by atoms with Crippen molar-refractivity contribution in [3.05, 3.63) is 42.0 Å². The van der Waals surface area contributed by atoms with E-state index in [1.54, 1.807) is 6.07 Å². The Morgan fingerprint density at radius 2 is 2.23 bits per heavy atom. The third-order valence-corrected chi connectivity index (χ3v) is 2.24. The second-order valence-electron chi connectivity index (χ2n) is 3.49. The van der Waals surface area contributed by atoms with Crippen molar-refractivity contribution >= 4 is 0 Å². The molecule has 0 amide bonds. The zero-order valence-electron chi connectivity index (χ0n) is 8.25. The Labute approximate surface area is 79.7 Å². The molecule has 1 aromatic rings. The summed E-state index contributed by atoms with van der Waals surface area (Å²) in [6.45, 7) is 7.75. The molecule has 0 saturated heterocycles. The fourth-order valence-electron chi connectivity index (χ4n) is 1.45. The van der Waals surface area contributed by atoms with E-state index in [4.69, 9.17) is 0 Å². The van der Waals surface area contributed by atoms with Gasteiger partial charge in [-0.25, -0.2) is 0 Å². The van der Waals surface area contributed by atoms with Gasteiger partial charge in [-0.2, -0.15) is 0 Å². The van der Waals surface area contributed by atoms with E-state index < -0.39 is 0 Å². The van der Waals surface area contributed by atoms with Gasteiger partial charge in [0.1, 0.15) is 5.75 Å². The molecule has 0 aliphatic carbocycles. The Morgan fingerprint density at radius 3 is 2.77 bits per heavy atom. The van der Waals surface area contributed by atoms with E-state index in [-0.39, 0.29) is 0 Å². The third-order valence-electron chi connectivity index (χ3n) is 2.24. The van der Waals surface area contributed by atoms with E-state index in [9.17, 15) is 5.11 Å². The minimum atomic E-state index is 0.345. The molecule has 0 heterocycles. The maximum Gasteiger partial charge on any atom is 0.119 e. The lowest BCUT2D eigenvalue weighted by Crippen LogP contribution is -1.92. The van der Waals surface area contributed by atoms with Crippen LogP contribution in [0.3, 0.4) is 0 Å². The Balaban J connectivity index is 2.94. The van der Waals surface area contributed by atoms with Crippen LogP contribution in [0.1, 0.15) is 30.4 Å². The minimum absolute atomic E-state index is 0.345. The number of phenols is 1. The van der Waals surface area contributed by atoms with Crippen LogP contribution in [0.5, 0.6) is 5.75 Å². The van der Waals surface area contributed by atoms with Crippen molar-refractivity contribution in [1.29, 1.82) is 0 Å². The quantitative estimate of drug-likeness (QED) is 0.700. The highest BCUT2D eigenvalue weighted by atomic mass is 16.3. The van der Waals surface area contributed by atoms with E-state index >= 15 is 0 Å². The summed E-state index contributed by atoms with van der Waals surface area (Å²) in [5, 5.41) is 9.65. The number of hydrogen-bond donors (Lipinski definition) is 1. The number of rotatable bonds is 3. The molecular formula is C12H16O. The van der Waals surface area contributed by atoms with Crippen molar-refractivity contribution < 1.29 is 5.11 Å². The van der Waals surface area contributed by atoms with Crippen LogP contribution in [0.2, 0.25) is 0 Å². The molecule has 13 heavy (non-hydrogen) atoms. The molecular weight excluding hydrogens is 160 g/mol. The molecule has 1 aromatic carbocycles. The first-order valence-corrected chi connectivity index (χ1v) is 4.55. The molecule has 0 fully saturated rings. The van der Waals surface area contributed by atoms with Gasteiger partial charge in [-0.15, -0.1) is 6.58 Å². The third kappa shape index (κ3) is 2.35. The molecule has 1 N–H and O–H groups in total. The van der Waals surface area contributed by atoms with E-state index in [1.165, 1.54) is 0 Å². The monoisotopic (exact) mass is 176 g/mol. The van der Waals surface area contributed by atoms with Crippen LogP contribution in [-0.4, -0.2) is 5.11 Å². The van der Waals surface area contributed by atoms with Crippen molar-refractivity contribution in [2.45, 2.75) is 26.2 Å². The second-order valence-corrected chi connectivity index (χ2v) is 3.49. The largest absolute Gasteiger partial charge is 0.508 e. The van der Waals surface area contributed by atoms with Gasteiger partial charge in [-0.3, -0.25) is 0 Å². The Bertz CT molecular complexity index is 302. The van der Waals surface area contributed by atoms with Crippen molar-refractivity contribution in [2.75, 3.05) is 0 Å². The number of allylic oxidation sites excluding steroid dienone is 1. The average Bonchev–Trinajstić information content (AvgIpc) is 2.04. The zero-order chi connectivity index (χ0) is 9.84. The Kier molecular flexibility index (Phi) is 3.13. The lowest BCUT2D eigenvalue weighted by Gasteiger charge is -2.11. The molecule has 0 aliphatic heterocycles. The van der Waals surface area contributed by atoms with Gasteiger partial charge in [-0.05, 0) is 36.5 Å². The molecule has 1 heteroatoms. The van der Waals surface area contributed by atoms with Crippen LogP contribution in [0.4, 0.5) is 0 Å². The first kappa shape index (κ1) is 9.85. The Hall–Kier alpha value is -1.24. The number of hydrogen-bond acceptors (Lipinski definition) is 1. The topological polar surface area (TPSA) is 20.2 Å². The van der Waals surface area contributed by atoms with Gasteiger partial charge in [0, 0.05) is 0 Å². The lowest BCUT2D eigenvalue weighted by molar-refractivity contribution is 0.462. The highest BCUT2D eigenvalue weighted by molar-refractivity contribution is 5.38. The molecule has 0 bridgehead atoms. The normalized spacial score (nSPS) is 12.5. The average molecular weight is 176 g/mol. The molecule has 0 radical (unpaired) electrons. The molecule has 0 spiro atoms. The standard InChI is InChI=1S/C12H16O/c1-4-5-10(3)11-7-6-9(2)8-12(11)13/h4,6-8,10,13H,1,5H2,2-3H3/t10-/m0/s1. The minimum Gasteiger partial charge on any atom is -0.508 e. The summed E-state index contributed by atoms with van der Waals surface area (Å²) in [7, 11) is 0. The number of phenolic OH excluding ortho intramolecular Hbond substituents is 1. The summed E-state index contributed by atoms with van der Waals surface area (Å²) in [6.07, 6.45) is 2.78. The van der Waals surface area contributed by atoms with Gasteiger partial charge < -0.3 is 5.11 Å². The molecule has 0 unspecified atom stereocenters. The van der Waals surface area contributed by atoms with Crippen molar-refractivity contribution in [1.82, 2.24) is 0 Å². The SMILES string of the molecule is C=CC[C@H](C)c1ccc(C)cc1O. The fraction of sp³-hybridized carbons (Fsp3) is 0.333. The highest BCUT2D eigenvalue weighted by Gasteiger charge is 2.08. The molecule has 1 atom stereocenters. The van der Waals surface area contributed by atoms with Crippen LogP contribution >= 0.6 is 0 Å². The zero-order valence-corrected chi connectivity index (χ0v) is 8.25.